The van der Waals surface area contributed by atoms with Gasteiger partial charge in [0, 0.05) is 16.0 Å². The Kier molecular flexibility index (Phi) is 3.30. The van der Waals surface area contributed by atoms with Gasteiger partial charge >= 0.3 is 7.12 Å². The Morgan fingerprint density at radius 3 is 2.56 bits per heavy atom. The Morgan fingerprint density at radius 2 is 1.94 bits per heavy atom. The van der Waals surface area contributed by atoms with Crippen LogP contribution in [0, 0.1) is 0 Å². The van der Waals surface area contributed by atoms with E-state index in [1.807, 2.05) is 43.3 Å². The van der Waals surface area contributed by atoms with E-state index < -0.39 is 7.12 Å². The molecule has 0 spiro atoms. The smallest absolute Gasteiger partial charge is 0.423 e. The Bertz CT molecular complexity index is 496. The molecule has 0 radical (unpaired) electrons. The van der Waals surface area contributed by atoms with Gasteiger partial charge in [-0.2, -0.15) is 0 Å². The van der Waals surface area contributed by atoms with Crippen LogP contribution in [0.2, 0.25) is 0 Å². The molecule has 0 unspecified atom stereocenters. The van der Waals surface area contributed by atoms with Crippen LogP contribution >= 0.6 is 11.3 Å². The lowest BCUT2D eigenvalue weighted by atomic mass is 9.85. The van der Waals surface area contributed by atoms with Crippen LogP contribution in [-0.2, 0) is 6.54 Å². The van der Waals surface area contributed by atoms with Gasteiger partial charge < -0.3 is 14.9 Å². The molecule has 0 aliphatic rings. The quantitative estimate of drug-likeness (QED) is 0.767. The van der Waals surface area contributed by atoms with Crippen LogP contribution in [0.4, 0.5) is 0 Å². The summed E-state index contributed by atoms with van der Waals surface area (Å²) in [7, 11) is 2.56. The number of rotatable bonds is 3. The third-order valence-electron chi connectivity index (χ3n) is 2.44. The third kappa shape index (κ3) is 2.13. The van der Waals surface area contributed by atoms with Gasteiger partial charge in [-0.15, -0.1) is 11.3 Å². The first kappa shape index (κ1) is 11.6. The SMILES string of the molecule is CN(C)Cc1c(B(O)O)sc2ccccc12. The molecule has 2 rings (SSSR count). The molecule has 84 valence electrons. The molecule has 1 heterocycles. The van der Waals surface area contributed by atoms with Crippen molar-refractivity contribution in [3.8, 4) is 0 Å². The second kappa shape index (κ2) is 4.55. The zero-order chi connectivity index (χ0) is 11.7. The second-order valence-corrected chi connectivity index (χ2v) is 5.14. The molecule has 0 aliphatic carbocycles. The lowest BCUT2D eigenvalue weighted by Gasteiger charge is -2.10. The molecule has 2 aromatic rings. The topological polar surface area (TPSA) is 43.7 Å². The molecule has 0 atom stereocenters. The minimum atomic E-state index is -1.38. The predicted octanol–water partition coefficient (Wildman–Crippen LogP) is 0.643. The highest BCUT2D eigenvalue weighted by Crippen LogP contribution is 2.24. The Balaban J connectivity index is 2.60. The summed E-state index contributed by atoms with van der Waals surface area (Å²) in [4.78, 5) is 2.03. The predicted molar refractivity (Wildman–Crippen MR) is 69.0 cm³/mol. The van der Waals surface area contributed by atoms with Crippen molar-refractivity contribution in [1.29, 1.82) is 0 Å². The van der Waals surface area contributed by atoms with Gasteiger partial charge in [0.2, 0.25) is 0 Å². The molecule has 0 saturated carbocycles. The van der Waals surface area contributed by atoms with Crippen molar-refractivity contribution >= 4 is 33.3 Å². The highest BCUT2D eigenvalue weighted by Gasteiger charge is 2.21. The Morgan fingerprint density at radius 1 is 1.25 bits per heavy atom. The summed E-state index contributed by atoms with van der Waals surface area (Å²) in [5.74, 6) is 0. The third-order valence-corrected chi connectivity index (χ3v) is 3.69. The highest BCUT2D eigenvalue weighted by atomic mass is 32.1. The first-order valence-corrected chi connectivity index (χ1v) is 5.92. The van der Waals surface area contributed by atoms with Gasteiger partial charge in [-0.25, -0.2) is 0 Å². The van der Waals surface area contributed by atoms with Crippen molar-refractivity contribution in [2.75, 3.05) is 14.1 Å². The monoisotopic (exact) mass is 235 g/mol. The van der Waals surface area contributed by atoms with Crippen molar-refractivity contribution in [2.45, 2.75) is 6.54 Å². The molecule has 0 saturated heterocycles. The van der Waals surface area contributed by atoms with Crippen molar-refractivity contribution in [1.82, 2.24) is 4.90 Å². The first-order valence-electron chi connectivity index (χ1n) is 5.10. The molecular weight excluding hydrogens is 221 g/mol. The average molecular weight is 235 g/mol. The number of hydrogen-bond donors (Lipinski definition) is 2. The van der Waals surface area contributed by atoms with Gasteiger partial charge in [-0.1, -0.05) is 18.2 Å². The van der Waals surface area contributed by atoms with Gasteiger partial charge in [0.25, 0.3) is 0 Å². The van der Waals surface area contributed by atoms with Crippen LogP contribution in [-0.4, -0.2) is 36.2 Å². The zero-order valence-electron chi connectivity index (χ0n) is 9.34. The van der Waals surface area contributed by atoms with E-state index in [-0.39, 0.29) is 0 Å². The second-order valence-electron chi connectivity index (χ2n) is 4.05. The Labute approximate surface area is 99.1 Å². The molecule has 2 N–H and O–H groups in total. The minimum absolute atomic E-state index is 0.648. The molecule has 0 fully saturated rings. The van der Waals surface area contributed by atoms with Crippen molar-refractivity contribution < 1.29 is 10.0 Å². The summed E-state index contributed by atoms with van der Waals surface area (Å²) in [6.45, 7) is 0.719. The number of hydrogen-bond acceptors (Lipinski definition) is 4. The number of fused-ring (bicyclic) bond motifs is 1. The summed E-state index contributed by atoms with van der Waals surface area (Å²) >= 11 is 1.45. The summed E-state index contributed by atoms with van der Waals surface area (Å²) in [5, 5.41) is 19.8. The molecule has 0 aliphatic heterocycles. The van der Waals surface area contributed by atoms with E-state index in [1.165, 1.54) is 11.3 Å². The van der Waals surface area contributed by atoms with E-state index in [0.717, 1.165) is 22.2 Å². The van der Waals surface area contributed by atoms with E-state index in [1.54, 1.807) is 0 Å². The fraction of sp³-hybridized carbons (Fsp3) is 0.273. The van der Waals surface area contributed by atoms with Gasteiger partial charge in [0.1, 0.15) is 0 Å². The summed E-state index contributed by atoms with van der Waals surface area (Å²) < 4.78 is 1.75. The molecule has 1 aromatic heterocycles. The van der Waals surface area contributed by atoms with Crippen LogP contribution in [0.1, 0.15) is 5.56 Å². The van der Waals surface area contributed by atoms with E-state index in [0.29, 0.717) is 4.78 Å². The maximum atomic E-state index is 9.37. The highest BCUT2D eigenvalue weighted by molar-refractivity contribution is 7.28. The van der Waals surface area contributed by atoms with E-state index in [2.05, 4.69) is 0 Å². The summed E-state index contributed by atoms with van der Waals surface area (Å²) in [6, 6.07) is 7.97. The molecule has 3 nitrogen and oxygen atoms in total. The van der Waals surface area contributed by atoms with Gasteiger partial charge in [0.05, 0.1) is 0 Å². The van der Waals surface area contributed by atoms with Gasteiger partial charge in [-0.3, -0.25) is 0 Å². The molecule has 1 aromatic carbocycles. The van der Waals surface area contributed by atoms with Gasteiger partial charge in [-0.05, 0) is 31.1 Å². The molecule has 5 heteroatoms. The minimum Gasteiger partial charge on any atom is -0.423 e. The summed E-state index contributed by atoms with van der Waals surface area (Å²) in [5.41, 5.74) is 1.01. The van der Waals surface area contributed by atoms with Gasteiger partial charge in [0.15, 0.2) is 0 Å². The normalized spacial score (nSPS) is 11.3. The van der Waals surface area contributed by atoms with Crippen LogP contribution in [0.25, 0.3) is 10.1 Å². The number of nitrogens with zero attached hydrogens (tertiary/aromatic N) is 1. The zero-order valence-corrected chi connectivity index (χ0v) is 10.2. The fourth-order valence-electron chi connectivity index (χ4n) is 1.81. The van der Waals surface area contributed by atoms with Crippen molar-refractivity contribution in [3.63, 3.8) is 0 Å². The molecule has 16 heavy (non-hydrogen) atoms. The number of benzene rings is 1. The van der Waals surface area contributed by atoms with Crippen molar-refractivity contribution in [2.24, 2.45) is 0 Å². The lowest BCUT2D eigenvalue weighted by Crippen LogP contribution is -2.31. The number of thiophene rings is 1. The molecule has 0 amide bonds. The van der Waals surface area contributed by atoms with Crippen LogP contribution in [0.5, 0.6) is 0 Å². The summed E-state index contributed by atoms with van der Waals surface area (Å²) in [6.07, 6.45) is 0. The fourth-order valence-corrected chi connectivity index (χ4v) is 2.89. The first-order chi connectivity index (χ1) is 7.59. The Hall–Kier alpha value is -0.875. The maximum Gasteiger partial charge on any atom is 0.499 e. The largest absolute Gasteiger partial charge is 0.499 e. The van der Waals surface area contributed by atoms with Crippen LogP contribution in [0.15, 0.2) is 24.3 Å². The lowest BCUT2D eigenvalue weighted by molar-refractivity contribution is 0.402. The van der Waals surface area contributed by atoms with E-state index in [9.17, 15) is 10.0 Å². The van der Waals surface area contributed by atoms with Crippen molar-refractivity contribution in [3.05, 3.63) is 29.8 Å². The average Bonchev–Trinajstić information content (AvgIpc) is 2.57. The van der Waals surface area contributed by atoms with E-state index in [4.69, 9.17) is 0 Å². The molecule has 0 bridgehead atoms. The van der Waals surface area contributed by atoms with Crippen LogP contribution < -0.4 is 4.78 Å². The standard InChI is InChI=1S/C11H14BNO2S/c1-13(2)7-9-8-5-3-4-6-10(8)16-11(9)12(14)15/h3-6,14-15H,7H2,1-2H3. The van der Waals surface area contributed by atoms with E-state index >= 15 is 0 Å². The van der Waals surface area contributed by atoms with Crippen LogP contribution in [0.3, 0.4) is 0 Å². The maximum absolute atomic E-state index is 9.37. The molecular formula is C11H14BNO2S.